The van der Waals surface area contributed by atoms with E-state index in [1.54, 1.807) is 12.1 Å². The molecule has 0 fully saturated rings. The summed E-state index contributed by atoms with van der Waals surface area (Å²) < 4.78 is 5.11. The van der Waals surface area contributed by atoms with E-state index in [1.165, 1.54) is 0 Å². The van der Waals surface area contributed by atoms with Crippen molar-refractivity contribution in [2.45, 2.75) is 39.5 Å². The van der Waals surface area contributed by atoms with E-state index in [1.807, 2.05) is 26.8 Å². The molecule has 0 saturated heterocycles. The average molecular weight is 308 g/mol. The van der Waals surface area contributed by atoms with Gasteiger partial charge in [-0.3, -0.25) is 4.79 Å². The number of aryl methyl sites for hydroxylation is 2. The van der Waals surface area contributed by atoms with E-state index in [2.05, 4.69) is 15.5 Å². The highest BCUT2D eigenvalue weighted by Crippen LogP contribution is 2.20. The van der Waals surface area contributed by atoms with Crippen molar-refractivity contribution in [3.8, 4) is 0 Å². The second-order valence-corrected chi connectivity index (χ2v) is 5.64. The largest absolute Gasteiger partial charge is 0.339 e. The molecule has 6 heteroatoms. The van der Waals surface area contributed by atoms with Crippen molar-refractivity contribution in [1.29, 1.82) is 0 Å². The van der Waals surface area contributed by atoms with Gasteiger partial charge < -0.3 is 9.84 Å². The van der Waals surface area contributed by atoms with Crippen LogP contribution < -0.4 is 5.32 Å². The number of anilines is 1. The number of benzene rings is 1. The molecule has 0 aliphatic heterocycles. The highest BCUT2D eigenvalue weighted by molar-refractivity contribution is 6.31. The number of nitrogens with one attached hydrogen (secondary N) is 1. The zero-order valence-corrected chi connectivity index (χ0v) is 13.1. The summed E-state index contributed by atoms with van der Waals surface area (Å²) in [5.74, 6) is 1.25. The van der Waals surface area contributed by atoms with Gasteiger partial charge in [0.05, 0.1) is 0 Å². The molecule has 2 rings (SSSR count). The van der Waals surface area contributed by atoms with Gasteiger partial charge in [-0.15, -0.1) is 0 Å². The van der Waals surface area contributed by atoms with E-state index < -0.39 is 0 Å². The minimum absolute atomic E-state index is 0.107. The Bertz CT molecular complexity index is 638. The summed E-state index contributed by atoms with van der Waals surface area (Å²) >= 11 is 5.92. The molecule has 112 valence electrons. The van der Waals surface area contributed by atoms with Gasteiger partial charge in [-0.05, 0) is 24.6 Å². The Morgan fingerprint density at radius 2 is 2.19 bits per heavy atom. The molecular formula is C15H18ClN3O2. The van der Waals surface area contributed by atoms with Crippen LogP contribution >= 0.6 is 11.6 Å². The second-order valence-electron chi connectivity index (χ2n) is 5.21. The summed E-state index contributed by atoms with van der Waals surface area (Å²) in [5.41, 5.74) is 1.69. The van der Waals surface area contributed by atoms with Crippen molar-refractivity contribution in [3.05, 3.63) is 40.5 Å². The first kappa shape index (κ1) is 15.5. The molecule has 0 aliphatic carbocycles. The minimum atomic E-state index is -0.107. The molecule has 0 bridgehead atoms. The lowest BCUT2D eigenvalue weighted by atomic mass is 10.2. The van der Waals surface area contributed by atoms with Crippen LogP contribution in [0.2, 0.25) is 5.02 Å². The maximum Gasteiger partial charge on any atom is 0.227 e. The quantitative estimate of drug-likeness (QED) is 0.914. The molecule has 1 heterocycles. The number of carbonyl (C=O) groups excluding carboxylic acids is 1. The lowest BCUT2D eigenvalue weighted by molar-refractivity contribution is -0.116. The van der Waals surface area contributed by atoms with E-state index in [0.717, 1.165) is 11.3 Å². The molecule has 5 nitrogen and oxygen atoms in total. The number of aromatic nitrogens is 2. The molecule has 0 aliphatic rings. The van der Waals surface area contributed by atoms with E-state index in [-0.39, 0.29) is 18.2 Å². The standard InChI is InChI=1S/C15H18ClN3O2/c1-9(2)15-18-14(21-19-15)7-6-13(20)17-12-8-11(16)5-4-10(12)3/h4-5,8-9H,6-7H2,1-3H3,(H,17,20). The van der Waals surface area contributed by atoms with Crippen molar-refractivity contribution < 1.29 is 9.32 Å². The molecule has 21 heavy (non-hydrogen) atoms. The Kier molecular flexibility index (Phi) is 4.96. The van der Waals surface area contributed by atoms with E-state index in [4.69, 9.17) is 16.1 Å². The predicted molar refractivity (Wildman–Crippen MR) is 81.5 cm³/mol. The van der Waals surface area contributed by atoms with Crippen molar-refractivity contribution in [2.75, 3.05) is 5.32 Å². The van der Waals surface area contributed by atoms with Gasteiger partial charge in [-0.2, -0.15) is 4.98 Å². The zero-order valence-electron chi connectivity index (χ0n) is 12.3. The van der Waals surface area contributed by atoms with Crippen LogP contribution in [-0.2, 0) is 11.2 Å². The van der Waals surface area contributed by atoms with Crippen LogP contribution in [0, 0.1) is 6.92 Å². The van der Waals surface area contributed by atoms with Crippen LogP contribution in [0.3, 0.4) is 0 Å². The number of halogens is 1. The Labute approximate surface area is 128 Å². The first-order valence-electron chi connectivity index (χ1n) is 6.84. The minimum Gasteiger partial charge on any atom is -0.339 e. The monoisotopic (exact) mass is 307 g/mol. The van der Waals surface area contributed by atoms with Gasteiger partial charge in [-0.1, -0.05) is 36.7 Å². The van der Waals surface area contributed by atoms with Crippen molar-refractivity contribution >= 4 is 23.2 Å². The van der Waals surface area contributed by atoms with E-state index >= 15 is 0 Å². The van der Waals surface area contributed by atoms with Gasteiger partial charge >= 0.3 is 0 Å². The lowest BCUT2D eigenvalue weighted by Crippen LogP contribution is -2.13. The predicted octanol–water partition coefficient (Wildman–Crippen LogP) is 3.73. The number of hydrogen-bond donors (Lipinski definition) is 1. The smallest absolute Gasteiger partial charge is 0.227 e. The number of carbonyl (C=O) groups is 1. The molecule has 0 unspecified atom stereocenters. The lowest BCUT2D eigenvalue weighted by Gasteiger charge is -2.08. The van der Waals surface area contributed by atoms with Crippen LogP contribution in [0.15, 0.2) is 22.7 Å². The second kappa shape index (κ2) is 6.72. The third-order valence-corrected chi connectivity index (χ3v) is 3.27. The third-order valence-electron chi connectivity index (χ3n) is 3.04. The zero-order chi connectivity index (χ0) is 15.4. The van der Waals surface area contributed by atoms with Crippen LogP contribution in [0.5, 0.6) is 0 Å². The highest BCUT2D eigenvalue weighted by atomic mass is 35.5. The maximum absolute atomic E-state index is 11.9. The number of amides is 1. The fourth-order valence-corrected chi connectivity index (χ4v) is 1.94. The maximum atomic E-state index is 11.9. The SMILES string of the molecule is Cc1ccc(Cl)cc1NC(=O)CCc1nc(C(C)C)no1. The van der Waals surface area contributed by atoms with Gasteiger partial charge in [0.2, 0.25) is 11.8 Å². The summed E-state index contributed by atoms with van der Waals surface area (Å²) in [6.07, 6.45) is 0.705. The van der Waals surface area contributed by atoms with Gasteiger partial charge in [0, 0.05) is 29.5 Å². The molecule has 0 saturated carbocycles. The summed E-state index contributed by atoms with van der Waals surface area (Å²) in [4.78, 5) is 16.2. The Hall–Kier alpha value is -1.88. The molecule has 1 amide bonds. The summed E-state index contributed by atoms with van der Waals surface area (Å²) in [7, 11) is 0. The number of rotatable bonds is 5. The Balaban J connectivity index is 1.91. The highest BCUT2D eigenvalue weighted by Gasteiger charge is 2.12. The van der Waals surface area contributed by atoms with Gasteiger partial charge in [0.1, 0.15) is 0 Å². The summed E-state index contributed by atoms with van der Waals surface area (Å²) in [5, 5.41) is 7.30. The topological polar surface area (TPSA) is 68.0 Å². The van der Waals surface area contributed by atoms with E-state index in [0.29, 0.717) is 23.2 Å². The fourth-order valence-electron chi connectivity index (χ4n) is 1.77. The van der Waals surface area contributed by atoms with Crippen LogP contribution in [-0.4, -0.2) is 16.0 Å². The molecular weight excluding hydrogens is 290 g/mol. The average Bonchev–Trinajstić information content (AvgIpc) is 2.90. The fraction of sp³-hybridized carbons (Fsp3) is 0.400. The first-order chi connectivity index (χ1) is 9.95. The number of nitrogens with zero attached hydrogens (tertiary/aromatic N) is 2. The molecule has 2 aromatic rings. The first-order valence-corrected chi connectivity index (χ1v) is 7.22. The Morgan fingerprint density at radius 3 is 2.86 bits per heavy atom. The molecule has 0 radical (unpaired) electrons. The van der Waals surface area contributed by atoms with Gasteiger partial charge in [0.25, 0.3) is 0 Å². The molecule has 1 N–H and O–H groups in total. The third kappa shape index (κ3) is 4.29. The van der Waals surface area contributed by atoms with Crippen molar-refractivity contribution in [2.24, 2.45) is 0 Å². The molecule has 0 atom stereocenters. The van der Waals surface area contributed by atoms with Crippen molar-refractivity contribution in [3.63, 3.8) is 0 Å². The number of hydrogen-bond acceptors (Lipinski definition) is 4. The van der Waals surface area contributed by atoms with Crippen molar-refractivity contribution in [1.82, 2.24) is 10.1 Å². The van der Waals surface area contributed by atoms with Crippen LogP contribution in [0.4, 0.5) is 5.69 Å². The van der Waals surface area contributed by atoms with Crippen LogP contribution in [0.1, 0.15) is 43.5 Å². The normalized spacial score (nSPS) is 10.9. The summed E-state index contributed by atoms with van der Waals surface area (Å²) in [6.45, 7) is 5.89. The summed E-state index contributed by atoms with van der Waals surface area (Å²) in [6, 6.07) is 5.39. The molecule has 1 aromatic carbocycles. The van der Waals surface area contributed by atoms with E-state index in [9.17, 15) is 4.79 Å². The Morgan fingerprint density at radius 1 is 1.43 bits per heavy atom. The molecule has 1 aromatic heterocycles. The van der Waals surface area contributed by atoms with Crippen LogP contribution in [0.25, 0.3) is 0 Å². The molecule has 0 spiro atoms. The van der Waals surface area contributed by atoms with Gasteiger partial charge in [0.15, 0.2) is 5.82 Å². The van der Waals surface area contributed by atoms with Gasteiger partial charge in [-0.25, -0.2) is 0 Å².